The molecule has 21 heavy (non-hydrogen) atoms. The third-order valence-electron chi connectivity index (χ3n) is 3.44. The maximum absolute atomic E-state index is 12.7. The van der Waals surface area contributed by atoms with Gasteiger partial charge in [-0.25, -0.2) is 4.98 Å². The van der Waals surface area contributed by atoms with E-state index in [0.29, 0.717) is 16.1 Å². The molecule has 0 bridgehead atoms. The van der Waals surface area contributed by atoms with Crippen LogP contribution in [0.5, 0.6) is 0 Å². The molecular formula is C16H26BrN3O. The molecule has 0 aromatic carbocycles. The van der Waals surface area contributed by atoms with Gasteiger partial charge in [0.2, 0.25) is 0 Å². The molecule has 1 aromatic heterocycles. The van der Waals surface area contributed by atoms with Crippen LogP contribution in [-0.4, -0.2) is 53.4 Å². The summed E-state index contributed by atoms with van der Waals surface area (Å²) in [5.74, 6) is 0.497. The van der Waals surface area contributed by atoms with Gasteiger partial charge in [-0.1, -0.05) is 27.7 Å². The number of halogens is 1. The summed E-state index contributed by atoms with van der Waals surface area (Å²) in [5, 5.41) is 0. The van der Waals surface area contributed by atoms with Crippen molar-refractivity contribution >= 4 is 21.8 Å². The molecule has 0 aliphatic rings. The number of amides is 1. The van der Waals surface area contributed by atoms with Crippen molar-refractivity contribution in [1.82, 2.24) is 14.8 Å². The van der Waals surface area contributed by atoms with E-state index in [9.17, 15) is 4.79 Å². The number of carbonyl (C=O) groups is 1. The second-order valence-corrected chi connectivity index (χ2v) is 6.26. The quantitative estimate of drug-likeness (QED) is 0.671. The van der Waals surface area contributed by atoms with Crippen LogP contribution in [0.1, 0.15) is 38.1 Å². The van der Waals surface area contributed by atoms with E-state index in [1.807, 2.05) is 11.0 Å². The summed E-state index contributed by atoms with van der Waals surface area (Å²) in [6, 6.07) is 3.63. The van der Waals surface area contributed by atoms with E-state index in [0.717, 1.165) is 32.7 Å². The van der Waals surface area contributed by atoms with Crippen LogP contribution in [0, 0.1) is 5.92 Å². The highest BCUT2D eigenvalue weighted by Crippen LogP contribution is 2.16. The molecule has 0 unspecified atom stereocenters. The predicted octanol–water partition coefficient (Wildman–Crippen LogP) is 3.28. The molecule has 118 valence electrons. The van der Waals surface area contributed by atoms with Crippen LogP contribution in [0.15, 0.2) is 22.9 Å². The molecule has 0 N–H and O–H groups in total. The first-order valence-electron chi connectivity index (χ1n) is 7.61. The molecule has 5 heteroatoms. The summed E-state index contributed by atoms with van der Waals surface area (Å²) >= 11 is 3.37. The SMILES string of the molecule is CCN(CC)CCN(CC(C)C)C(=O)c1cccnc1Br. The first-order chi connectivity index (χ1) is 9.99. The number of likely N-dealkylation sites (N-methyl/N-ethyl adjacent to an activating group) is 1. The zero-order valence-electron chi connectivity index (χ0n) is 13.5. The predicted molar refractivity (Wildman–Crippen MR) is 90.5 cm³/mol. The van der Waals surface area contributed by atoms with Crippen LogP contribution >= 0.6 is 15.9 Å². The molecule has 0 spiro atoms. The van der Waals surface area contributed by atoms with Crippen molar-refractivity contribution in [2.75, 3.05) is 32.7 Å². The van der Waals surface area contributed by atoms with Crippen molar-refractivity contribution in [3.63, 3.8) is 0 Å². The fraction of sp³-hybridized carbons (Fsp3) is 0.625. The molecule has 0 aliphatic heterocycles. The number of hydrogen-bond acceptors (Lipinski definition) is 3. The zero-order chi connectivity index (χ0) is 15.8. The van der Waals surface area contributed by atoms with Gasteiger partial charge in [-0.15, -0.1) is 0 Å². The molecular weight excluding hydrogens is 330 g/mol. The van der Waals surface area contributed by atoms with Crippen LogP contribution in [-0.2, 0) is 0 Å². The van der Waals surface area contributed by atoms with Crippen molar-refractivity contribution in [3.8, 4) is 0 Å². The van der Waals surface area contributed by atoms with Gasteiger partial charge in [-0.3, -0.25) is 4.79 Å². The van der Waals surface area contributed by atoms with Crippen LogP contribution < -0.4 is 0 Å². The van der Waals surface area contributed by atoms with Gasteiger partial charge in [0.25, 0.3) is 5.91 Å². The molecule has 0 aliphatic carbocycles. The van der Waals surface area contributed by atoms with Gasteiger partial charge in [0.05, 0.1) is 5.56 Å². The molecule has 0 radical (unpaired) electrons. The highest BCUT2D eigenvalue weighted by molar-refractivity contribution is 9.10. The topological polar surface area (TPSA) is 36.4 Å². The van der Waals surface area contributed by atoms with E-state index in [-0.39, 0.29) is 5.91 Å². The van der Waals surface area contributed by atoms with Crippen LogP contribution in [0.4, 0.5) is 0 Å². The highest BCUT2D eigenvalue weighted by atomic mass is 79.9. The number of pyridine rings is 1. The van der Waals surface area contributed by atoms with Gasteiger partial charge in [0.15, 0.2) is 0 Å². The summed E-state index contributed by atoms with van der Waals surface area (Å²) in [6.07, 6.45) is 1.68. The van der Waals surface area contributed by atoms with E-state index in [2.05, 4.69) is 53.5 Å². The average molecular weight is 356 g/mol. The van der Waals surface area contributed by atoms with Gasteiger partial charge in [0.1, 0.15) is 4.60 Å². The lowest BCUT2D eigenvalue weighted by atomic mass is 10.1. The van der Waals surface area contributed by atoms with E-state index >= 15 is 0 Å². The third-order valence-corrected chi connectivity index (χ3v) is 4.07. The molecule has 0 atom stereocenters. The Bertz CT molecular complexity index is 447. The Morgan fingerprint density at radius 3 is 2.48 bits per heavy atom. The lowest BCUT2D eigenvalue weighted by Crippen LogP contribution is -2.40. The highest BCUT2D eigenvalue weighted by Gasteiger charge is 2.19. The van der Waals surface area contributed by atoms with Crippen molar-refractivity contribution in [3.05, 3.63) is 28.5 Å². The van der Waals surface area contributed by atoms with Gasteiger partial charge < -0.3 is 9.80 Å². The van der Waals surface area contributed by atoms with Gasteiger partial charge >= 0.3 is 0 Å². The maximum Gasteiger partial charge on any atom is 0.256 e. The Morgan fingerprint density at radius 2 is 1.95 bits per heavy atom. The Morgan fingerprint density at radius 1 is 1.29 bits per heavy atom. The minimum absolute atomic E-state index is 0.0517. The zero-order valence-corrected chi connectivity index (χ0v) is 15.1. The lowest BCUT2D eigenvalue weighted by molar-refractivity contribution is 0.0715. The monoisotopic (exact) mass is 355 g/mol. The molecule has 1 rings (SSSR count). The van der Waals surface area contributed by atoms with Gasteiger partial charge in [0, 0.05) is 25.8 Å². The number of carbonyl (C=O) groups excluding carboxylic acids is 1. The van der Waals surface area contributed by atoms with E-state index < -0.39 is 0 Å². The van der Waals surface area contributed by atoms with E-state index in [4.69, 9.17) is 0 Å². The summed E-state index contributed by atoms with van der Waals surface area (Å²) in [5.41, 5.74) is 0.637. The number of rotatable bonds is 8. The summed E-state index contributed by atoms with van der Waals surface area (Å²) in [4.78, 5) is 21.1. The second-order valence-electron chi connectivity index (χ2n) is 5.51. The third kappa shape index (κ3) is 5.75. The number of aromatic nitrogens is 1. The fourth-order valence-corrected chi connectivity index (χ4v) is 2.65. The largest absolute Gasteiger partial charge is 0.337 e. The van der Waals surface area contributed by atoms with Crippen LogP contribution in [0.2, 0.25) is 0 Å². The molecule has 0 saturated carbocycles. The molecule has 0 fully saturated rings. The average Bonchev–Trinajstić information content (AvgIpc) is 2.46. The first kappa shape index (κ1) is 18.1. The van der Waals surface area contributed by atoms with Crippen molar-refractivity contribution < 1.29 is 4.79 Å². The smallest absolute Gasteiger partial charge is 0.256 e. The summed E-state index contributed by atoms with van der Waals surface area (Å²) < 4.78 is 0.617. The number of hydrogen-bond donors (Lipinski definition) is 0. The Labute approximate surface area is 136 Å². The Kier molecular flexibility index (Phi) is 7.89. The minimum atomic E-state index is 0.0517. The normalized spacial score (nSPS) is 11.2. The molecule has 1 amide bonds. The Balaban J connectivity index is 2.82. The van der Waals surface area contributed by atoms with Crippen molar-refractivity contribution in [1.29, 1.82) is 0 Å². The lowest BCUT2D eigenvalue weighted by Gasteiger charge is -2.28. The maximum atomic E-state index is 12.7. The van der Waals surface area contributed by atoms with Gasteiger partial charge in [-0.05, 0) is 47.1 Å². The minimum Gasteiger partial charge on any atom is -0.337 e. The Hall–Kier alpha value is -0.940. The van der Waals surface area contributed by atoms with Crippen molar-refractivity contribution in [2.24, 2.45) is 5.92 Å². The first-order valence-corrected chi connectivity index (χ1v) is 8.41. The van der Waals surface area contributed by atoms with Crippen LogP contribution in [0.3, 0.4) is 0 Å². The fourth-order valence-electron chi connectivity index (χ4n) is 2.23. The summed E-state index contributed by atoms with van der Waals surface area (Å²) in [6.45, 7) is 13.0. The molecule has 4 nitrogen and oxygen atoms in total. The standard InChI is InChI=1S/C16H26BrN3O/c1-5-19(6-2)10-11-20(12-13(3)4)16(21)14-8-7-9-18-15(14)17/h7-9,13H,5-6,10-12H2,1-4H3. The van der Waals surface area contributed by atoms with E-state index in [1.165, 1.54) is 0 Å². The molecule has 1 heterocycles. The second kappa shape index (κ2) is 9.15. The number of nitrogens with zero attached hydrogens (tertiary/aromatic N) is 3. The van der Waals surface area contributed by atoms with Crippen LogP contribution in [0.25, 0.3) is 0 Å². The molecule has 0 saturated heterocycles. The molecule has 1 aromatic rings. The van der Waals surface area contributed by atoms with E-state index in [1.54, 1.807) is 12.3 Å². The summed E-state index contributed by atoms with van der Waals surface area (Å²) in [7, 11) is 0. The van der Waals surface area contributed by atoms with Gasteiger partial charge in [-0.2, -0.15) is 0 Å². The van der Waals surface area contributed by atoms with Crippen molar-refractivity contribution in [2.45, 2.75) is 27.7 Å².